The Balaban J connectivity index is 2.27. The van der Waals surface area contributed by atoms with Gasteiger partial charge in [0.05, 0.1) is 12.7 Å². The van der Waals surface area contributed by atoms with Crippen molar-refractivity contribution in [2.24, 2.45) is 0 Å². The summed E-state index contributed by atoms with van der Waals surface area (Å²) >= 11 is 0. The smallest absolute Gasteiger partial charge is 0.157 e. The minimum absolute atomic E-state index is 0.302. The van der Waals surface area contributed by atoms with Crippen LogP contribution >= 0.6 is 0 Å². The lowest BCUT2D eigenvalue weighted by Gasteiger charge is -2.37. The Morgan fingerprint density at radius 2 is 1.67 bits per heavy atom. The van der Waals surface area contributed by atoms with Crippen LogP contribution in [0.3, 0.4) is 0 Å². The van der Waals surface area contributed by atoms with Gasteiger partial charge in [-0.05, 0) is 12.8 Å². The highest BCUT2D eigenvalue weighted by atomic mass is 16.6. The van der Waals surface area contributed by atoms with Crippen molar-refractivity contribution >= 4 is 0 Å². The Hall–Kier alpha value is -0.200. The number of rotatable bonds is 11. The summed E-state index contributed by atoms with van der Waals surface area (Å²) in [6.07, 6.45) is 4.37. The molecule has 1 fully saturated rings. The number of ether oxygens (including phenoxy) is 3. The molecule has 0 aliphatic carbocycles. The Morgan fingerprint density at radius 1 is 1.00 bits per heavy atom. The van der Waals surface area contributed by atoms with E-state index in [1.807, 2.05) is 0 Å². The summed E-state index contributed by atoms with van der Waals surface area (Å²) in [5, 5.41) is 20.0. The van der Waals surface area contributed by atoms with E-state index in [1.165, 1.54) is 0 Å². The van der Waals surface area contributed by atoms with Crippen LogP contribution in [0.15, 0.2) is 0 Å². The van der Waals surface area contributed by atoms with E-state index < -0.39 is 18.5 Å². The van der Waals surface area contributed by atoms with Crippen molar-refractivity contribution in [2.75, 3.05) is 19.8 Å². The van der Waals surface area contributed by atoms with Gasteiger partial charge in [0.25, 0.3) is 0 Å². The summed E-state index contributed by atoms with van der Waals surface area (Å²) in [5.74, 6) is 0. The molecule has 0 aromatic heterocycles. The molecule has 0 aromatic rings. The van der Waals surface area contributed by atoms with Crippen LogP contribution in [-0.2, 0) is 14.2 Å². The van der Waals surface area contributed by atoms with E-state index in [0.717, 1.165) is 38.5 Å². The molecular formula is C16H32O5. The van der Waals surface area contributed by atoms with E-state index in [-0.39, 0.29) is 6.10 Å². The molecule has 0 aromatic carbocycles. The number of aliphatic hydroxyl groups excluding tert-OH is 2. The number of unbranched alkanes of at least 4 members (excludes halogenated alkanes) is 4. The van der Waals surface area contributed by atoms with Crippen molar-refractivity contribution in [1.29, 1.82) is 0 Å². The highest BCUT2D eigenvalue weighted by molar-refractivity contribution is 4.83. The van der Waals surface area contributed by atoms with Gasteiger partial charge in [-0.3, -0.25) is 0 Å². The predicted molar refractivity (Wildman–Crippen MR) is 81.1 cm³/mol. The Kier molecular flexibility index (Phi) is 10.2. The largest absolute Gasteiger partial charge is 0.388 e. The maximum absolute atomic E-state index is 10.3. The van der Waals surface area contributed by atoms with Gasteiger partial charge in [-0.15, -0.1) is 0 Å². The van der Waals surface area contributed by atoms with Gasteiger partial charge in [0.1, 0.15) is 12.2 Å². The maximum atomic E-state index is 10.3. The second-order valence-corrected chi connectivity index (χ2v) is 5.75. The number of hydrogen-bond donors (Lipinski definition) is 2. The van der Waals surface area contributed by atoms with Crippen molar-refractivity contribution in [3.8, 4) is 0 Å². The first-order valence-corrected chi connectivity index (χ1v) is 8.40. The van der Waals surface area contributed by atoms with Crippen LogP contribution < -0.4 is 0 Å². The van der Waals surface area contributed by atoms with Crippen molar-refractivity contribution < 1.29 is 24.4 Å². The van der Waals surface area contributed by atoms with Gasteiger partial charge in [-0.2, -0.15) is 0 Å². The summed E-state index contributed by atoms with van der Waals surface area (Å²) in [7, 11) is 0. The van der Waals surface area contributed by atoms with Crippen LogP contribution in [0.5, 0.6) is 0 Å². The molecule has 5 nitrogen and oxygen atoms in total. The standard InChI is InChI=1S/C16H32O5/c1-3-5-7-9-19-12-14-16(18)13(11-15(17)21-14)20-10-8-6-4-2/h13-18H,3-12H2,1-2H3/t13-,14-,15?,16+/m1/s1. The quantitative estimate of drug-likeness (QED) is 0.573. The average molecular weight is 304 g/mol. The molecule has 1 saturated heterocycles. The summed E-state index contributed by atoms with van der Waals surface area (Å²) in [6.45, 7) is 5.87. The van der Waals surface area contributed by atoms with Gasteiger partial charge in [0.2, 0.25) is 0 Å². The lowest BCUT2D eigenvalue weighted by molar-refractivity contribution is -0.251. The third-order valence-electron chi connectivity index (χ3n) is 3.78. The first-order valence-electron chi connectivity index (χ1n) is 8.40. The zero-order valence-electron chi connectivity index (χ0n) is 13.5. The number of aliphatic hydroxyl groups is 2. The molecule has 1 heterocycles. The Morgan fingerprint density at radius 3 is 2.33 bits per heavy atom. The SMILES string of the molecule is CCCCCOC[C@H]1OC(O)C[C@@H](OCCCCC)[C@@H]1O. The van der Waals surface area contributed by atoms with Gasteiger partial charge in [-0.25, -0.2) is 0 Å². The minimum atomic E-state index is -0.881. The molecule has 5 heteroatoms. The van der Waals surface area contributed by atoms with Crippen molar-refractivity contribution in [1.82, 2.24) is 0 Å². The second kappa shape index (κ2) is 11.4. The fraction of sp³-hybridized carbons (Fsp3) is 1.00. The Labute approximate surface area is 128 Å². The van der Waals surface area contributed by atoms with E-state index in [4.69, 9.17) is 14.2 Å². The molecule has 0 bridgehead atoms. The molecule has 0 amide bonds. The van der Waals surface area contributed by atoms with E-state index in [9.17, 15) is 10.2 Å². The molecule has 0 radical (unpaired) electrons. The fourth-order valence-corrected chi connectivity index (χ4v) is 2.46. The van der Waals surface area contributed by atoms with Crippen molar-refractivity contribution in [2.45, 2.75) is 83.4 Å². The molecule has 1 aliphatic rings. The van der Waals surface area contributed by atoms with Gasteiger partial charge in [0.15, 0.2) is 6.29 Å². The van der Waals surface area contributed by atoms with E-state index in [2.05, 4.69) is 13.8 Å². The van der Waals surface area contributed by atoms with E-state index in [1.54, 1.807) is 0 Å². The van der Waals surface area contributed by atoms with E-state index in [0.29, 0.717) is 26.2 Å². The normalized spacial score (nSPS) is 29.7. The lowest BCUT2D eigenvalue weighted by atomic mass is 10.0. The third-order valence-corrected chi connectivity index (χ3v) is 3.78. The van der Waals surface area contributed by atoms with Gasteiger partial charge in [-0.1, -0.05) is 39.5 Å². The third kappa shape index (κ3) is 7.56. The maximum Gasteiger partial charge on any atom is 0.157 e. The summed E-state index contributed by atoms with van der Waals surface area (Å²) in [4.78, 5) is 0. The zero-order chi connectivity index (χ0) is 15.5. The molecule has 2 N–H and O–H groups in total. The summed E-state index contributed by atoms with van der Waals surface area (Å²) in [6, 6.07) is 0. The lowest BCUT2D eigenvalue weighted by Crippen LogP contribution is -2.51. The van der Waals surface area contributed by atoms with Crippen LogP contribution in [-0.4, -0.2) is 54.6 Å². The van der Waals surface area contributed by atoms with Crippen LogP contribution in [0.2, 0.25) is 0 Å². The molecule has 4 atom stereocenters. The molecule has 1 rings (SSSR count). The van der Waals surface area contributed by atoms with Gasteiger partial charge < -0.3 is 24.4 Å². The highest BCUT2D eigenvalue weighted by Gasteiger charge is 2.37. The van der Waals surface area contributed by atoms with Crippen LogP contribution in [0.4, 0.5) is 0 Å². The predicted octanol–water partition coefficient (Wildman–Crippen LogP) is 2.24. The first kappa shape index (κ1) is 18.8. The van der Waals surface area contributed by atoms with Gasteiger partial charge >= 0.3 is 0 Å². The summed E-state index contributed by atoms with van der Waals surface area (Å²) in [5.41, 5.74) is 0. The molecule has 1 unspecified atom stereocenters. The first-order chi connectivity index (χ1) is 10.2. The van der Waals surface area contributed by atoms with Crippen LogP contribution in [0, 0.1) is 0 Å². The molecule has 0 saturated carbocycles. The topological polar surface area (TPSA) is 68.2 Å². The highest BCUT2D eigenvalue weighted by Crippen LogP contribution is 2.22. The molecular weight excluding hydrogens is 272 g/mol. The minimum Gasteiger partial charge on any atom is -0.388 e. The molecule has 126 valence electrons. The number of hydrogen-bond acceptors (Lipinski definition) is 5. The fourth-order valence-electron chi connectivity index (χ4n) is 2.46. The van der Waals surface area contributed by atoms with Crippen LogP contribution in [0.1, 0.15) is 58.8 Å². The van der Waals surface area contributed by atoms with Crippen molar-refractivity contribution in [3.63, 3.8) is 0 Å². The Bertz CT molecular complexity index is 249. The van der Waals surface area contributed by atoms with Crippen LogP contribution in [0.25, 0.3) is 0 Å². The second-order valence-electron chi connectivity index (χ2n) is 5.75. The monoisotopic (exact) mass is 304 g/mol. The molecule has 1 aliphatic heterocycles. The zero-order valence-corrected chi connectivity index (χ0v) is 13.5. The van der Waals surface area contributed by atoms with Gasteiger partial charge in [0, 0.05) is 19.6 Å². The molecule has 21 heavy (non-hydrogen) atoms. The van der Waals surface area contributed by atoms with Crippen molar-refractivity contribution in [3.05, 3.63) is 0 Å². The summed E-state index contributed by atoms with van der Waals surface area (Å²) < 4.78 is 16.6. The average Bonchev–Trinajstić information content (AvgIpc) is 2.47. The van der Waals surface area contributed by atoms with E-state index >= 15 is 0 Å². The molecule has 0 spiro atoms.